The normalized spacial score (nSPS) is 11.6. The molecule has 0 aliphatic heterocycles. The molecule has 4 heteroatoms. The summed E-state index contributed by atoms with van der Waals surface area (Å²) in [5, 5.41) is 6.90. The first-order chi connectivity index (χ1) is 27.3. The molecule has 3 heterocycles. The Morgan fingerprint density at radius 1 is 0.436 bits per heavy atom. The van der Waals surface area contributed by atoms with Crippen LogP contribution < -0.4 is 4.90 Å². The van der Waals surface area contributed by atoms with Crippen molar-refractivity contribution in [1.29, 1.82) is 0 Å². The van der Waals surface area contributed by atoms with Crippen molar-refractivity contribution in [3.05, 3.63) is 200 Å². The van der Waals surface area contributed by atoms with E-state index in [2.05, 4.69) is 191 Å². The molecule has 11 aromatic rings. The van der Waals surface area contributed by atoms with Gasteiger partial charge in [0.15, 0.2) is 0 Å². The SMILES string of the molecule is c1ccc(-c2ccc(-c3ccc(-n4c5ccccc5c5ccccc54)cc3)c(N(c3ccc4ccccc4c3)c3cnc4oc5ccccc5c4c3)c2)cc1. The Labute approximate surface area is 317 Å². The largest absolute Gasteiger partial charge is 0.438 e. The minimum atomic E-state index is 0.627. The molecule has 0 N–H and O–H groups in total. The number of aromatic nitrogens is 2. The van der Waals surface area contributed by atoms with Gasteiger partial charge in [-0.3, -0.25) is 0 Å². The third-order valence-electron chi connectivity index (χ3n) is 10.8. The van der Waals surface area contributed by atoms with E-state index in [0.717, 1.165) is 61.4 Å². The van der Waals surface area contributed by atoms with Crippen molar-refractivity contribution < 1.29 is 4.42 Å². The second-order valence-electron chi connectivity index (χ2n) is 14.0. The maximum atomic E-state index is 6.19. The monoisotopic (exact) mass is 703 g/mol. The van der Waals surface area contributed by atoms with E-state index < -0.39 is 0 Å². The first kappa shape index (κ1) is 31.1. The topological polar surface area (TPSA) is 34.2 Å². The van der Waals surface area contributed by atoms with Gasteiger partial charge in [0.25, 0.3) is 0 Å². The van der Waals surface area contributed by atoms with E-state index in [1.54, 1.807) is 0 Å². The van der Waals surface area contributed by atoms with Crippen LogP contribution in [0, 0.1) is 0 Å². The Morgan fingerprint density at radius 2 is 1.09 bits per heavy atom. The molecular weight excluding hydrogens is 671 g/mol. The van der Waals surface area contributed by atoms with Gasteiger partial charge in [-0.25, -0.2) is 4.98 Å². The maximum Gasteiger partial charge on any atom is 0.227 e. The minimum absolute atomic E-state index is 0.627. The zero-order valence-electron chi connectivity index (χ0n) is 29.8. The van der Waals surface area contributed by atoms with Crippen molar-refractivity contribution in [1.82, 2.24) is 9.55 Å². The molecule has 0 saturated carbocycles. The molecule has 0 spiro atoms. The average molecular weight is 704 g/mol. The van der Waals surface area contributed by atoms with E-state index >= 15 is 0 Å². The van der Waals surface area contributed by atoms with Gasteiger partial charge in [-0.15, -0.1) is 0 Å². The highest BCUT2D eigenvalue weighted by Crippen LogP contribution is 2.45. The summed E-state index contributed by atoms with van der Waals surface area (Å²) in [6.07, 6.45) is 1.93. The van der Waals surface area contributed by atoms with Crippen molar-refractivity contribution in [3.8, 4) is 27.9 Å². The van der Waals surface area contributed by atoms with E-state index in [4.69, 9.17) is 9.40 Å². The summed E-state index contributed by atoms with van der Waals surface area (Å²) in [5.41, 5.74) is 12.5. The number of furan rings is 1. The highest BCUT2D eigenvalue weighted by Gasteiger charge is 2.21. The van der Waals surface area contributed by atoms with Crippen LogP contribution in [0.4, 0.5) is 17.1 Å². The van der Waals surface area contributed by atoms with Crippen LogP contribution in [0.15, 0.2) is 205 Å². The van der Waals surface area contributed by atoms with Crippen LogP contribution >= 0.6 is 0 Å². The van der Waals surface area contributed by atoms with Gasteiger partial charge >= 0.3 is 0 Å². The summed E-state index contributed by atoms with van der Waals surface area (Å²) in [6.45, 7) is 0. The molecule has 11 rings (SSSR count). The van der Waals surface area contributed by atoms with E-state index in [-0.39, 0.29) is 0 Å². The second-order valence-corrected chi connectivity index (χ2v) is 14.0. The fourth-order valence-electron chi connectivity index (χ4n) is 8.22. The zero-order chi connectivity index (χ0) is 36.3. The van der Waals surface area contributed by atoms with Gasteiger partial charge in [-0.05, 0) is 82.1 Å². The van der Waals surface area contributed by atoms with Crippen molar-refractivity contribution in [2.24, 2.45) is 0 Å². The summed E-state index contributed by atoms with van der Waals surface area (Å²) >= 11 is 0. The lowest BCUT2D eigenvalue weighted by molar-refractivity contribution is 0.654. The predicted molar refractivity (Wildman–Crippen MR) is 229 cm³/mol. The van der Waals surface area contributed by atoms with E-state index in [0.29, 0.717) is 5.71 Å². The Morgan fingerprint density at radius 3 is 1.87 bits per heavy atom. The molecule has 3 aromatic heterocycles. The summed E-state index contributed by atoms with van der Waals surface area (Å²) in [6, 6.07) is 69.3. The molecule has 8 aromatic carbocycles. The van der Waals surface area contributed by atoms with Gasteiger partial charge in [0.05, 0.1) is 34.0 Å². The molecule has 0 saturated heterocycles. The van der Waals surface area contributed by atoms with Crippen LogP contribution in [0.5, 0.6) is 0 Å². The molecular formula is C51H33N3O. The van der Waals surface area contributed by atoms with Gasteiger partial charge in [0, 0.05) is 33.1 Å². The molecule has 0 aliphatic carbocycles. The van der Waals surface area contributed by atoms with Gasteiger partial charge < -0.3 is 13.9 Å². The van der Waals surface area contributed by atoms with E-state index in [1.807, 2.05) is 18.3 Å². The third-order valence-corrected chi connectivity index (χ3v) is 10.8. The average Bonchev–Trinajstić information content (AvgIpc) is 3.80. The van der Waals surface area contributed by atoms with Crippen LogP contribution in [0.25, 0.3) is 82.6 Å². The number of hydrogen-bond donors (Lipinski definition) is 0. The molecule has 0 bridgehead atoms. The molecule has 4 nitrogen and oxygen atoms in total. The number of benzene rings is 8. The molecule has 0 fully saturated rings. The van der Waals surface area contributed by atoms with Crippen LogP contribution in [0.3, 0.4) is 0 Å². The lowest BCUT2D eigenvalue weighted by Gasteiger charge is -2.28. The Balaban J connectivity index is 1.14. The predicted octanol–water partition coefficient (Wildman–Crippen LogP) is 14.0. The van der Waals surface area contributed by atoms with Crippen LogP contribution in [0.1, 0.15) is 0 Å². The Kier molecular flexibility index (Phi) is 7.14. The quantitative estimate of drug-likeness (QED) is 0.173. The van der Waals surface area contributed by atoms with E-state index in [1.165, 1.54) is 32.6 Å². The highest BCUT2D eigenvalue weighted by atomic mass is 16.3. The smallest absolute Gasteiger partial charge is 0.227 e. The number of nitrogens with zero attached hydrogens (tertiary/aromatic N) is 3. The molecule has 55 heavy (non-hydrogen) atoms. The molecule has 0 unspecified atom stereocenters. The zero-order valence-corrected chi connectivity index (χ0v) is 29.8. The number of hydrogen-bond acceptors (Lipinski definition) is 3. The van der Waals surface area contributed by atoms with Gasteiger partial charge in [-0.1, -0.05) is 140 Å². The first-order valence-electron chi connectivity index (χ1n) is 18.6. The van der Waals surface area contributed by atoms with Gasteiger partial charge in [0.2, 0.25) is 5.71 Å². The Bertz CT molecular complexity index is 3160. The molecule has 0 amide bonds. The summed E-state index contributed by atoms with van der Waals surface area (Å²) < 4.78 is 8.56. The first-order valence-corrected chi connectivity index (χ1v) is 18.6. The maximum absolute atomic E-state index is 6.19. The van der Waals surface area contributed by atoms with Gasteiger partial charge in [-0.2, -0.15) is 0 Å². The number of para-hydroxylation sites is 3. The standard InChI is InChI=1S/C51H33N3O/c1-2-12-34(13-3-1)38-25-29-42(36-23-26-39(27-24-36)54-47-19-9-6-16-43(47)44-17-7-10-20-48(44)54)49(31-38)53(40-28-22-35-14-4-5-15-37(35)30-40)41-32-46-45-18-8-11-21-50(45)55-51(46)52-33-41/h1-33H. The summed E-state index contributed by atoms with van der Waals surface area (Å²) in [4.78, 5) is 7.26. The van der Waals surface area contributed by atoms with E-state index in [9.17, 15) is 0 Å². The van der Waals surface area contributed by atoms with Crippen LogP contribution in [0.2, 0.25) is 0 Å². The van der Waals surface area contributed by atoms with Crippen LogP contribution in [-0.4, -0.2) is 9.55 Å². The molecule has 258 valence electrons. The third kappa shape index (κ3) is 5.19. The number of pyridine rings is 1. The Hall–Kier alpha value is -7.43. The van der Waals surface area contributed by atoms with Crippen molar-refractivity contribution in [2.75, 3.05) is 4.90 Å². The number of fused-ring (bicyclic) bond motifs is 7. The number of anilines is 3. The summed E-state index contributed by atoms with van der Waals surface area (Å²) in [7, 11) is 0. The van der Waals surface area contributed by atoms with Crippen molar-refractivity contribution in [3.63, 3.8) is 0 Å². The van der Waals surface area contributed by atoms with Crippen molar-refractivity contribution >= 4 is 71.7 Å². The van der Waals surface area contributed by atoms with Crippen molar-refractivity contribution in [2.45, 2.75) is 0 Å². The highest BCUT2D eigenvalue weighted by molar-refractivity contribution is 6.09. The fraction of sp³-hybridized carbons (Fsp3) is 0. The lowest BCUT2D eigenvalue weighted by atomic mass is 9.96. The fourth-order valence-corrected chi connectivity index (χ4v) is 8.22. The molecule has 0 atom stereocenters. The molecule has 0 aliphatic rings. The van der Waals surface area contributed by atoms with Gasteiger partial charge in [0.1, 0.15) is 5.58 Å². The molecule has 0 radical (unpaired) electrons. The minimum Gasteiger partial charge on any atom is -0.438 e. The lowest BCUT2D eigenvalue weighted by Crippen LogP contribution is -2.12. The summed E-state index contributed by atoms with van der Waals surface area (Å²) in [5.74, 6) is 0. The van der Waals surface area contributed by atoms with Crippen LogP contribution in [-0.2, 0) is 0 Å². The number of rotatable bonds is 6. The second kappa shape index (κ2) is 12.6.